The quantitative estimate of drug-likeness (QED) is 0.575. The summed E-state index contributed by atoms with van der Waals surface area (Å²) in [7, 11) is 0. The van der Waals surface area contributed by atoms with Crippen LogP contribution in [0, 0.1) is 22.1 Å². The molecule has 11 heavy (non-hydrogen) atoms. The topological polar surface area (TPSA) is 53.2 Å². The third-order valence-electron chi connectivity index (χ3n) is 1.18. The molecule has 54 valence electrons. The minimum atomic E-state index is -0.765. The standard InChI is InChI=1S/C7H3FN2O/c8-6-3-5(4-9)1-2-7(6)10-11/h1-3H. The minimum Gasteiger partial charge on any atom is -0.204 e. The molecule has 0 radical (unpaired) electrons. The van der Waals surface area contributed by atoms with Crippen molar-refractivity contribution in [3.05, 3.63) is 34.5 Å². The summed E-state index contributed by atoms with van der Waals surface area (Å²) in [5.41, 5.74) is -0.0982. The first-order valence-corrected chi connectivity index (χ1v) is 2.81. The van der Waals surface area contributed by atoms with Crippen LogP contribution in [0.4, 0.5) is 10.1 Å². The van der Waals surface area contributed by atoms with Gasteiger partial charge in [-0.15, -0.1) is 4.91 Å². The average Bonchev–Trinajstić information content (AvgIpc) is 2.04. The van der Waals surface area contributed by atoms with Gasteiger partial charge in [-0.2, -0.15) is 5.26 Å². The molecule has 1 aromatic carbocycles. The van der Waals surface area contributed by atoms with E-state index in [0.29, 0.717) is 0 Å². The van der Waals surface area contributed by atoms with Gasteiger partial charge < -0.3 is 0 Å². The number of nitroso groups, excluding NO2 is 1. The van der Waals surface area contributed by atoms with E-state index < -0.39 is 5.82 Å². The van der Waals surface area contributed by atoms with Crippen molar-refractivity contribution in [1.29, 1.82) is 5.26 Å². The number of nitriles is 1. The van der Waals surface area contributed by atoms with E-state index in [0.717, 1.165) is 6.07 Å². The van der Waals surface area contributed by atoms with Crippen molar-refractivity contribution in [2.45, 2.75) is 0 Å². The predicted molar refractivity (Wildman–Crippen MR) is 36.6 cm³/mol. The smallest absolute Gasteiger partial charge is 0.153 e. The molecule has 0 unspecified atom stereocenters. The summed E-state index contributed by atoms with van der Waals surface area (Å²) in [5, 5.41) is 10.7. The van der Waals surface area contributed by atoms with Gasteiger partial charge in [0.2, 0.25) is 0 Å². The number of hydrogen-bond acceptors (Lipinski definition) is 3. The van der Waals surface area contributed by atoms with Crippen LogP contribution < -0.4 is 0 Å². The molecule has 0 aliphatic heterocycles. The monoisotopic (exact) mass is 150 g/mol. The van der Waals surface area contributed by atoms with E-state index in [1.165, 1.54) is 12.1 Å². The van der Waals surface area contributed by atoms with Gasteiger partial charge in [0.25, 0.3) is 0 Å². The Morgan fingerprint density at radius 1 is 1.55 bits per heavy atom. The van der Waals surface area contributed by atoms with Gasteiger partial charge in [-0.1, -0.05) is 0 Å². The van der Waals surface area contributed by atoms with Crippen LogP contribution in [0.2, 0.25) is 0 Å². The lowest BCUT2D eigenvalue weighted by Gasteiger charge is -1.91. The van der Waals surface area contributed by atoms with Gasteiger partial charge in [0.05, 0.1) is 11.6 Å². The second-order valence-corrected chi connectivity index (χ2v) is 1.87. The summed E-state index contributed by atoms with van der Waals surface area (Å²) >= 11 is 0. The minimum absolute atomic E-state index is 0.176. The van der Waals surface area contributed by atoms with Gasteiger partial charge in [-0.25, -0.2) is 4.39 Å². The van der Waals surface area contributed by atoms with Crippen LogP contribution in [-0.4, -0.2) is 0 Å². The Morgan fingerprint density at radius 3 is 2.73 bits per heavy atom. The summed E-state index contributed by atoms with van der Waals surface area (Å²) in [6, 6.07) is 5.21. The third-order valence-corrected chi connectivity index (χ3v) is 1.18. The van der Waals surface area contributed by atoms with Crippen molar-refractivity contribution in [3.63, 3.8) is 0 Å². The fraction of sp³-hybridized carbons (Fsp3) is 0. The van der Waals surface area contributed by atoms with Crippen LogP contribution in [-0.2, 0) is 0 Å². The Bertz CT molecular complexity index is 330. The maximum Gasteiger partial charge on any atom is 0.153 e. The summed E-state index contributed by atoms with van der Waals surface area (Å²) in [6.45, 7) is 0. The fourth-order valence-corrected chi connectivity index (χ4v) is 0.650. The van der Waals surface area contributed by atoms with E-state index in [2.05, 4.69) is 5.18 Å². The molecule has 0 aromatic heterocycles. The lowest BCUT2D eigenvalue weighted by Crippen LogP contribution is -1.78. The van der Waals surface area contributed by atoms with E-state index in [-0.39, 0.29) is 11.3 Å². The van der Waals surface area contributed by atoms with Gasteiger partial charge in [0.1, 0.15) is 5.69 Å². The van der Waals surface area contributed by atoms with Gasteiger partial charge in [-0.05, 0) is 23.4 Å². The van der Waals surface area contributed by atoms with Crippen molar-refractivity contribution in [3.8, 4) is 6.07 Å². The zero-order valence-corrected chi connectivity index (χ0v) is 5.41. The maximum absolute atomic E-state index is 12.6. The molecular formula is C7H3FN2O. The number of benzene rings is 1. The third kappa shape index (κ3) is 1.38. The summed E-state index contributed by atoms with van der Waals surface area (Å²) in [5.74, 6) is -0.765. The highest BCUT2D eigenvalue weighted by molar-refractivity contribution is 5.43. The zero-order chi connectivity index (χ0) is 8.27. The van der Waals surface area contributed by atoms with Crippen molar-refractivity contribution < 1.29 is 4.39 Å². The summed E-state index contributed by atoms with van der Waals surface area (Å²) in [6.07, 6.45) is 0. The molecule has 0 amide bonds. The van der Waals surface area contributed by atoms with Crippen LogP contribution in [0.25, 0.3) is 0 Å². The van der Waals surface area contributed by atoms with Crippen LogP contribution in [0.5, 0.6) is 0 Å². The normalized spacial score (nSPS) is 8.73. The Morgan fingerprint density at radius 2 is 2.27 bits per heavy atom. The molecular weight excluding hydrogens is 147 g/mol. The van der Waals surface area contributed by atoms with Gasteiger partial charge >= 0.3 is 0 Å². The number of nitrogens with zero attached hydrogens (tertiary/aromatic N) is 2. The second-order valence-electron chi connectivity index (χ2n) is 1.87. The molecule has 1 rings (SSSR count). The van der Waals surface area contributed by atoms with Crippen LogP contribution in [0.1, 0.15) is 5.56 Å². The second kappa shape index (κ2) is 2.88. The Kier molecular flexibility index (Phi) is 1.93. The Balaban J connectivity index is 3.22. The van der Waals surface area contributed by atoms with Crippen molar-refractivity contribution >= 4 is 5.69 Å². The van der Waals surface area contributed by atoms with Crippen LogP contribution in [0.3, 0.4) is 0 Å². The summed E-state index contributed by atoms with van der Waals surface area (Å²) < 4.78 is 12.6. The van der Waals surface area contributed by atoms with E-state index in [1.54, 1.807) is 6.07 Å². The van der Waals surface area contributed by atoms with Gasteiger partial charge in [-0.3, -0.25) is 0 Å². The molecule has 4 heteroatoms. The lowest BCUT2D eigenvalue weighted by atomic mass is 10.2. The first-order valence-electron chi connectivity index (χ1n) is 2.81. The SMILES string of the molecule is N#Cc1ccc(N=O)c(F)c1. The first kappa shape index (κ1) is 7.35. The van der Waals surface area contributed by atoms with E-state index >= 15 is 0 Å². The number of rotatable bonds is 1. The Hall–Kier alpha value is -1.76. The van der Waals surface area contributed by atoms with Crippen molar-refractivity contribution in [1.82, 2.24) is 0 Å². The predicted octanol–water partition coefficient (Wildman–Crippen LogP) is 2.10. The molecule has 0 atom stereocenters. The Labute approximate surface area is 62.0 Å². The average molecular weight is 150 g/mol. The molecule has 0 saturated carbocycles. The zero-order valence-electron chi connectivity index (χ0n) is 5.41. The largest absolute Gasteiger partial charge is 0.204 e. The molecule has 0 N–H and O–H groups in total. The highest BCUT2D eigenvalue weighted by Crippen LogP contribution is 2.17. The van der Waals surface area contributed by atoms with Crippen LogP contribution in [0.15, 0.2) is 23.4 Å². The maximum atomic E-state index is 12.6. The molecule has 0 aliphatic rings. The molecule has 0 heterocycles. The highest BCUT2D eigenvalue weighted by Gasteiger charge is 2.01. The molecule has 0 spiro atoms. The molecule has 0 fully saturated rings. The molecule has 0 aliphatic carbocycles. The first-order chi connectivity index (χ1) is 5.27. The highest BCUT2D eigenvalue weighted by atomic mass is 19.1. The summed E-state index contributed by atoms with van der Waals surface area (Å²) in [4.78, 5) is 9.85. The van der Waals surface area contributed by atoms with E-state index in [9.17, 15) is 9.30 Å². The molecule has 3 nitrogen and oxygen atoms in total. The van der Waals surface area contributed by atoms with Gasteiger partial charge in [0.15, 0.2) is 5.82 Å². The van der Waals surface area contributed by atoms with Crippen molar-refractivity contribution in [2.24, 2.45) is 5.18 Å². The molecule has 0 saturated heterocycles. The number of hydrogen-bond donors (Lipinski definition) is 0. The van der Waals surface area contributed by atoms with E-state index in [4.69, 9.17) is 5.26 Å². The molecule has 1 aromatic rings. The fourth-order valence-electron chi connectivity index (χ4n) is 0.650. The number of halogens is 1. The lowest BCUT2D eigenvalue weighted by molar-refractivity contribution is 0.629. The van der Waals surface area contributed by atoms with Crippen LogP contribution >= 0.6 is 0 Å². The molecule has 0 bridgehead atoms. The van der Waals surface area contributed by atoms with Crippen molar-refractivity contribution in [2.75, 3.05) is 0 Å². The van der Waals surface area contributed by atoms with Gasteiger partial charge in [0, 0.05) is 0 Å². The van der Waals surface area contributed by atoms with E-state index in [1.807, 2.05) is 0 Å².